The Balaban J connectivity index is 2.45. The molecular formula is C14H15FN6. The molecule has 21 heavy (non-hydrogen) atoms. The van der Waals surface area contributed by atoms with E-state index in [1.165, 1.54) is 18.5 Å². The van der Waals surface area contributed by atoms with Gasteiger partial charge in [-0.15, -0.1) is 0 Å². The molecule has 1 heterocycles. The SMILES string of the molecule is CCCc1c(NN)ncnc1Nc1cccc(F)c1C#N. The number of hydrazine groups is 1. The number of nitriles is 1. The molecule has 0 aliphatic carbocycles. The lowest BCUT2D eigenvalue weighted by molar-refractivity contribution is 0.624. The third-order valence-corrected chi connectivity index (χ3v) is 2.96. The van der Waals surface area contributed by atoms with Crippen LogP contribution in [0.4, 0.5) is 21.7 Å². The van der Waals surface area contributed by atoms with Crippen LogP contribution in [0.5, 0.6) is 0 Å². The molecule has 0 amide bonds. The molecule has 1 aromatic carbocycles. The third-order valence-electron chi connectivity index (χ3n) is 2.96. The van der Waals surface area contributed by atoms with Crippen molar-refractivity contribution in [2.75, 3.05) is 10.7 Å². The zero-order chi connectivity index (χ0) is 15.2. The molecule has 0 bridgehead atoms. The van der Waals surface area contributed by atoms with Crippen LogP contribution in [0.3, 0.4) is 0 Å². The third kappa shape index (κ3) is 3.07. The van der Waals surface area contributed by atoms with Crippen molar-refractivity contribution >= 4 is 17.3 Å². The average molecular weight is 286 g/mol. The molecule has 1 aromatic heterocycles. The monoisotopic (exact) mass is 286 g/mol. The quantitative estimate of drug-likeness (QED) is 0.576. The van der Waals surface area contributed by atoms with Crippen molar-refractivity contribution in [2.45, 2.75) is 19.8 Å². The summed E-state index contributed by atoms with van der Waals surface area (Å²) in [7, 11) is 0. The Morgan fingerprint density at radius 3 is 2.76 bits per heavy atom. The van der Waals surface area contributed by atoms with Crippen LogP contribution in [0.1, 0.15) is 24.5 Å². The molecule has 7 heteroatoms. The van der Waals surface area contributed by atoms with Crippen LogP contribution in [0, 0.1) is 17.1 Å². The predicted octanol–water partition coefficient (Wildman–Crippen LogP) is 2.47. The Hall–Kier alpha value is -2.72. The molecule has 0 aliphatic rings. The molecular weight excluding hydrogens is 271 g/mol. The molecule has 0 fully saturated rings. The summed E-state index contributed by atoms with van der Waals surface area (Å²) in [6.07, 6.45) is 2.91. The van der Waals surface area contributed by atoms with Gasteiger partial charge in [0, 0.05) is 5.56 Å². The number of hydrogen-bond acceptors (Lipinski definition) is 6. The van der Waals surface area contributed by atoms with E-state index < -0.39 is 5.82 Å². The number of nitrogens with one attached hydrogen (secondary N) is 2. The zero-order valence-electron chi connectivity index (χ0n) is 11.5. The van der Waals surface area contributed by atoms with Crippen LogP contribution >= 0.6 is 0 Å². The minimum Gasteiger partial charge on any atom is -0.339 e. The lowest BCUT2D eigenvalue weighted by Crippen LogP contribution is -2.13. The molecule has 4 N–H and O–H groups in total. The van der Waals surface area contributed by atoms with Gasteiger partial charge in [-0.25, -0.2) is 20.2 Å². The lowest BCUT2D eigenvalue weighted by atomic mass is 10.1. The summed E-state index contributed by atoms with van der Waals surface area (Å²) >= 11 is 0. The van der Waals surface area contributed by atoms with E-state index in [4.69, 9.17) is 11.1 Å². The van der Waals surface area contributed by atoms with Gasteiger partial charge in [-0.3, -0.25) is 0 Å². The molecule has 6 nitrogen and oxygen atoms in total. The van der Waals surface area contributed by atoms with E-state index >= 15 is 0 Å². The molecule has 0 unspecified atom stereocenters. The van der Waals surface area contributed by atoms with Crippen LogP contribution in [0.25, 0.3) is 0 Å². The summed E-state index contributed by atoms with van der Waals surface area (Å²) < 4.78 is 13.6. The molecule has 0 spiro atoms. The van der Waals surface area contributed by atoms with Crippen LogP contribution in [-0.4, -0.2) is 9.97 Å². The summed E-state index contributed by atoms with van der Waals surface area (Å²) in [6.45, 7) is 2.01. The highest BCUT2D eigenvalue weighted by Crippen LogP contribution is 2.26. The molecule has 0 saturated heterocycles. The van der Waals surface area contributed by atoms with E-state index in [1.807, 2.05) is 13.0 Å². The first kappa shape index (κ1) is 14.7. The summed E-state index contributed by atoms with van der Waals surface area (Å²) in [4.78, 5) is 8.21. The zero-order valence-corrected chi connectivity index (χ0v) is 11.5. The molecule has 2 aromatic rings. The van der Waals surface area contributed by atoms with Crippen LogP contribution in [0.15, 0.2) is 24.5 Å². The summed E-state index contributed by atoms with van der Waals surface area (Å²) in [5.74, 6) is 5.87. The number of halogens is 1. The predicted molar refractivity (Wildman–Crippen MR) is 78.2 cm³/mol. The van der Waals surface area contributed by atoms with Gasteiger partial charge >= 0.3 is 0 Å². The number of benzene rings is 1. The number of nitrogen functional groups attached to an aromatic ring is 1. The van der Waals surface area contributed by atoms with E-state index in [0.717, 1.165) is 12.0 Å². The maximum atomic E-state index is 13.6. The first-order valence-electron chi connectivity index (χ1n) is 6.47. The van der Waals surface area contributed by atoms with Crippen molar-refractivity contribution in [2.24, 2.45) is 5.84 Å². The van der Waals surface area contributed by atoms with E-state index in [1.54, 1.807) is 6.07 Å². The largest absolute Gasteiger partial charge is 0.339 e. The van der Waals surface area contributed by atoms with Crippen molar-refractivity contribution in [3.8, 4) is 6.07 Å². The van der Waals surface area contributed by atoms with Gasteiger partial charge < -0.3 is 10.7 Å². The van der Waals surface area contributed by atoms with Gasteiger partial charge in [-0.2, -0.15) is 5.26 Å². The average Bonchev–Trinajstić information content (AvgIpc) is 2.49. The van der Waals surface area contributed by atoms with Crippen molar-refractivity contribution in [3.63, 3.8) is 0 Å². The number of anilines is 3. The van der Waals surface area contributed by atoms with Crippen molar-refractivity contribution in [1.82, 2.24) is 9.97 Å². The van der Waals surface area contributed by atoms with Crippen molar-refractivity contribution in [3.05, 3.63) is 41.5 Å². The standard InChI is InChI=1S/C14H15FN6/c1-2-4-9-13(18-8-19-14(9)21-17)20-12-6-3-5-11(15)10(12)7-16/h3,5-6,8H,2,4,17H2,1H3,(H2,18,19,20,21). The summed E-state index contributed by atoms with van der Waals surface area (Å²) in [5.41, 5.74) is 3.61. The number of nitrogens with zero attached hydrogens (tertiary/aromatic N) is 3. The maximum Gasteiger partial charge on any atom is 0.148 e. The van der Waals surface area contributed by atoms with Gasteiger partial charge in [0.15, 0.2) is 0 Å². The Labute approximate surface area is 121 Å². The minimum atomic E-state index is -0.578. The number of nitrogens with two attached hydrogens (primary N) is 1. The fraction of sp³-hybridized carbons (Fsp3) is 0.214. The Morgan fingerprint density at radius 1 is 1.33 bits per heavy atom. The smallest absolute Gasteiger partial charge is 0.148 e. The topological polar surface area (TPSA) is 99.7 Å². The van der Waals surface area contributed by atoms with Crippen molar-refractivity contribution < 1.29 is 4.39 Å². The minimum absolute atomic E-state index is 0.0548. The van der Waals surface area contributed by atoms with E-state index in [9.17, 15) is 4.39 Å². The van der Waals surface area contributed by atoms with Crippen molar-refractivity contribution in [1.29, 1.82) is 5.26 Å². The summed E-state index contributed by atoms with van der Waals surface area (Å²) in [6, 6.07) is 6.23. The molecule has 108 valence electrons. The number of hydrogen-bond donors (Lipinski definition) is 3. The number of rotatable bonds is 5. The molecule has 0 radical (unpaired) electrons. The highest BCUT2D eigenvalue weighted by atomic mass is 19.1. The van der Waals surface area contributed by atoms with Crippen LogP contribution in [0.2, 0.25) is 0 Å². The van der Waals surface area contributed by atoms with E-state index in [0.29, 0.717) is 23.7 Å². The summed E-state index contributed by atoms with van der Waals surface area (Å²) in [5, 5.41) is 12.0. The molecule has 0 atom stereocenters. The molecule has 0 aliphatic heterocycles. The Morgan fingerprint density at radius 2 is 2.10 bits per heavy atom. The fourth-order valence-corrected chi connectivity index (χ4v) is 2.00. The van der Waals surface area contributed by atoms with E-state index in [2.05, 4.69) is 20.7 Å². The normalized spacial score (nSPS) is 10.0. The molecule has 0 saturated carbocycles. The van der Waals surface area contributed by atoms with Crippen LogP contribution in [-0.2, 0) is 6.42 Å². The fourth-order valence-electron chi connectivity index (χ4n) is 2.00. The van der Waals surface area contributed by atoms with Crippen LogP contribution < -0.4 is 16.6 Å². The van der Waals surface area contributed by atoms with Gasteiger partial charge in [0.25, 0.3) is 0 Å². The second kappa shape index (κ2) is 6.63. The van der Waals surface area contributed by atoms with E-state index in [-0.39, 0.29) is 5.56 Å². The Bertz CT molecular complexity index is 680. The lowest BCUT2D eigenvalue weighted by Gasteiger charge is -2.14. The molecule has 2 rings (SSSR count). The maximum absolute atomic E-state index is 13.6. The van der Waals surface area contributed by atoms with Gasteiger partial charge in [-0.05, 0) is 18.6 Å². The van der Waals surface area contributed by atoms with Gasteiger partial charge in [-0.1, -0.05) is 19.4 Å². The van der Waals surface area contributed by atoms with Gasteiger partial charge in [0.1, 0.15) is 35.4 Å². The first-order valence-corrected chi connectivity index (χ1v) is 6.47. The number of aromatic nitrogens is 2. The van der Waals surface area contributed by atoms with Gasteiger partial charge in [0.05, 0.1) is 5.69 Å². The second-order valence-electron chi connectivity index (χ2n) is 4.34. The van der Waals surface area contributed by atoms with Gasteiger partial charge in [0.2, 0.25) is 0 Å². The first-order chi connectivity index (χ1) is 10.2. The second-order valence-corrected chi connectivity index (χ2v) is 4.34. The highest BCUT2D eigenvalue weighted by molar-refractivity contribution is 5.69. The highest BCUT2D eigenvalue weighted by Gasteiger charge is 2.13. The Kier molecular flexibility index (Phi) is 4.64.